The molecule has 4 aliphatic rings. The molecule has 0 atom stereocenters. The fourth-order valence-electron chi connectivity index (χ4n) is 10.2. The first kappa shape index (κ1) is 29.1. The predicted octanol–water partition coefficient (Wildman–Crippen LogP) is 10.3. The van der Waals surface area contributed by atoms with E-state index in [2.05, 4.69) is 174 Å². The summed E-state index contributed by atoms with van der Waals surface area (Å²) in [6, 6.07) is 62.0. The third-order valence-electron chi connectivity index (χ3n) is 12.2. The van der Waals surface area contributed by atoms with Gasteiger partial charge in [0.05, 0.1) is 22.1 Å². The number of fused-ring (bicyclic) bond motifs is 17. The van der Waals surface area contributed by atoms with Crippen LogP contribution in [0.2, 0.25) is 0 Å². The van der Waals surface area contributed by atoms with E-state index in [-0.39, 0.29) is 6.71 Å². The average molecular weight is 706 g/mol. The van der Waals surface area contributed by atoms with Crippen molar-refractivity contribution in [2.45, 2.75) is 15.2 Å². The Labute approximate surface area is 316 Å². The zero-order valence-corrected chi connectivity index (χ0v) is 29.7. The van der Waals surface area contributed by atoms with Crippen molar-refractivity contribution >= 4 is 56.7 Å². The number of rotatable bonds is 1. The Kier molecular flexibility index (Phi) is 5.59. The van der Waals surface area contributed by atoms with Gasteiger partial charge in [0.2, 0.25) is 0 Å². The van der Waals surface area contributed by atoms with Crippen molar-refractivity contribution in [2.75, 3.05) is 0 Å². The average Bonchev–Trinajstić information content (AvgIpc) is 3.71. The summed E-state index contributed by atoms with van der Waals surface area (Å²) in [5.41, 5.74) is 14.3. The molecule has 0 bridgehead atoms. The standard InChI is InChI=1S/C49H28BNO2S/c1-3-15-32-30(13-1)46-35(49(32)33-16-4-11-23-44(33)54-45-24-12-5-17-34(45)49)25-26-39-47(46)31-14-2-8-20-38(31)51(39)29-27-42-48-43(28-29)53-41-22-10-7-19-37(41)50(48)36-18-6-9-21-40(36)52-42/h1-28H. The first-order valence-electron chi connectivity index (χ1n) is 18.5. The van der Waals surface area contributed by atoms with E-state index in [0.29, 0.717) is 0 Å². The third-order valence-corrected chi connectivity index (χ3v) is 13.3. The van der Waals surface area contributed by atoms with E-state index in [4.69, 9.17) is 9.47 Å². The minimum Gasteiger partial charge on any atom is -0.458 e. The molecule has 54 heavy (non-hydrogen) atoms. The molecule has 9 aromatic rings. The summed E-state index contributed by atoms with van der Waals surface area (Å²) in [7, 11) is 0. The number of ether oxygens (including phenoxy) is 2. The smallest absolute Gasteiger partial charge is 0.260 e. The molecule has 4 heterocycles. The van der Waals surface area contributed by atoms with Gasteiger partial charge >= 0.3 is 0 Å². The Morgan fingerprint density at radius 2 is 1.06 bits per heavy atom. The maximum atomic E-state index is 6.77. The van der Waals surface area contributed by atoms with E-state index < -0.39 is 5.41 Å². The van der Waals surface area contributed by atoms with Crippen LogP contribution >= 0.6 is 11.8 Å². The molecule has 13 rings (SSSR count). The summed E-state index contributed by atoms with van der Waals surface area (Å²) in [6.45, 7) is 0.0347. The first-order chi connectivity index (χ1) is 26.8. The lowest BCUT2D eigenvalue weighted by Crippen LogP contribution is -2.57. The van der Waals surface area contributed by atoms with Gasteiger partial charge in [-0.25, -0.2) is 0 Å². The van der Waals surface area contributed by atoms with Crippen LogP contribution in [0.15, 0.2) is 180 Å². The van der Waals surface area contributed by atoms with Crippen molar-refractivity contribution in [2.24, 2.45) is 0 Å². The second-order valence-electron chi connectivity index (χ2n) is 14.7. The van der Waals surface area contributed by atoms with Crippen LogP contribution in [0.25, 0.3) is 38.6 Å². The summed E-state index contributed by atoms with van der Waals surface area (Å²) in [5, 5.41) is 2.49. The second kappa shape index (κ2) is 10.4. The van der Waals surface area contributed by atoms with Crippen LogP contribution in [0.5, 0.6) is 23.0 Å². The molecule has 0 radical (unpaired) electrons. The zero-order chi connectivity index (χ0) is 35.1. The van der Waals surface area contributed by atoms with Gasteiger partial charge in [-0.15, -0.1) is 0 Å². The number of para-hydroxylation sites is 3. The Bertz CT molecular complexity index is 3010. The highest BCUT2D eigenvalue weighted by molar-refractivity contribution is 7.99. The van der Waals surface area contributed by atoms with Gasteiger partial charge in [-0.1, -0.05) is 133 Å². The molecular formula is C49H28BNO2S. The number of hydrogen-bond donors (Lipinski definition) is 0. The lowest BCUT2D eigenvalue weighted by atomic mass is 9.35. The lowest BCUT2D eigenvalue weighted by Gasteiger charge is -2.39. The van der Waals surface area contributed by atoms with Crippen LogP contribution in [-0.4, -0.2) is 11.3 Å². The minimum absolute atomic E-state index is 0.0347. The molecule has 0 amide bonds. The van der Waals surface area contributed by atoms with E-state index in [1.165, 1.54) is 64.9 Å². The fraction of sp³-hybridized carbons (Fsp3) is 0.0204. The molecule has 1 spiro atoms. The normalized spacial score (nSPS) is 14.6. The highest BCUT2D eigenvalue weighted by Crippen LogP contribution is 2.63. The Morgan fingerprint density at radius 1 is 0.481 bits per heavy atom. The molecule has 250 valence electrons. The fourth-order valence-corrected chi connectivity index (χ4v) is 11.4. The van der Waals surface area contributed by atoms with Gasteiger partial charge < -0.3 is 14.0 Å². The van der Waals surface area contributed by atoms with Crippen molar-refractivity contribution in [1.29, 1.82) is 0 Å². The Hall–Kier alpha value is -6.43. The van der Waals surface area contributed by atoms with Crippen molar-refractivity contribution in [3.8, 4) is 39.8 Å². The molecule has 5 heteroatoms. The first-order valence-corrected chi connectivity index (χ1v) is 19.4. The topological polar surface area (TPSA) is 23.4 Å². The number of aromatic nitrogens is 1. The minimum atomic E-state index is -0.435. The molecule has 0 saturated carbocycles. The molecular weight excluding hydrogens is 677 g/mol. The summed E-state index contributed by atoms with van der Waals surface area (Å²) in [6.07, 6.45) is 0. The largest absolute Gasteiger partial charge is 0.458 e. The summed E-state index contributed by atoms with van der Waals surface area (Å²) < 4.78 is 16.0. The number of hydrogen-bond acceptors (Lipinski definition) is 3. The summed E-state index contributed by atoms with van der Waals surface area (Å²) >= 11 is 1.88. The van der Waals surface area contributed by atoms with E-state index >= 15 is 0 Å². The second-order valence-corrected chi connectivity index (χ2v) is 15.8. The van der Waals surface area contributed by atoms with Crippen molar-refractivity contribution in [3.63, 3.8) is 0 Å². The summed E-state index contributed by atoms with van der Waals surface area (Å²) in [5.74, 6) is 3.46. The zero-order valence-electron chi connectivity index (χ0n) is 28.9. The molecule has 3 aliphatic heterocycles. The van der Waals surface area contributed by atoms with Crippen molar-refractivity contribution < 1.29 is 9.47 Å². The summed E-state index contributed by atoms with van der Waals surface area (Å²) in [4.78, 5) is 2.62. The highest BCUT2D eigenvalue weighted by Gasteiger charge is 2.51. The van der Waals surface area contributed by atoms with Crippen LogP contribution in [0.1, 0.15) is 22.3 Å². The molecule has 0 N–H and O–H groups in total. The SMILES string of the molecule is c1ccc2c(c1)Oc1cc(-n3c4ccccc4c4c5c(ccc43)C3(c4ccccc4Sc4ccccc43)c3ccccc3-5)cc3c1B2c1ccccc1O3. The molecule has 1 aromatic heterocycles. The van der Waals surface area contributed by atoms with Crippen LogP contribution in [-0.2, 0) is 5.41 Å². The van der Waals surface area contributed by atoms with Crippen molar-refractivity contribution in [1.82, 2.24) is 4.57 Å². The van der Waals surface area contributed by atoms with E-state index in [1.807, 2.05) is 11.8 Å². The maximum absolute atomic E-state index is 6.77. The number of nitrogens with zero attached hydrogens (tertiary/aromatic N) is 1. The van der Waals surface area contributed by atoms with Gasteiger partial charge in [0.25, 0.3) is 6.71 Å². The Morgan fingerprint density at radius 3 is 1.76 bits per heavy atom. The van der Waals surface area contributed by atoms with Crippen molar-refractivity contribution in [3.05, 3.63) is 192 Å². The molecule has 0 fully saturated rings. The van der Waals surface area contributed by atoms with E-state index in [0.717, 1.165) is 45.2 Å². The monoisotopic (exact) mass is 705 g/mol. The third kappa shape index (κ3) is 3.51. The molecule has 8 aromatic carbocycles. The lowest BCUT2D eigenvalue weighted by molar-refractivity contribution is 0.464. The van der Waals surface area contributed by atoms with Gasteiger partial charge in [0.15, 0.2) is 0 Å². The quantitative estimate of drug-likeness (QED) is 0.159. The van der Waals surface area contributed by atoms with Crippen LogP contribution < -0.4 is 25.9 Å². The van der Waals surface area contributed by atoms with E-state index in [9.17, 15) is 0 Å². The van der Waals surface area contributed by atoms with Gasteiger partial charge in [-0.05, 0) is 80.7 Å². The molecule has 0 unspecified atom stereocenters. The molecule has 3 nitrogen and oxygen atoms in total. The highest BCUT2D eigenvalue weighted by atomic mass is 32.2. The van der Waals surface area contributed by atoms with Gasteiger partial charge in [-0.2, -0.15) is 0 Å². The van der Waals surface area contributed by atoms with Gasteiger partial charge in [0, 0.05) is 38.2 Å². The molecule has 1 aliphatic carbocycles. The van der Waals surface area contributed by atoms with Crippen LogP contribution in [0.3, 0.4) is 0 Å². The number of benzene rings is 8. The Balaban J connectivity index is 1.12. The van der Waals surface area contributed by atoms with Crippen LogP contribution in [0, 0.1) is 0 Å². The van der Waals surface area contributed by atoms with Crippen LogP contribution in [0.4, 0.5) is 0 Å². The van der Waals surface area contributed by atoms with E-state index in [1.54, 1.807) is 0 Å². The predicted molar refractivity (Wildman–Crippen MR) is 220 cm³/mol. The van der Waals surface area contributed by atoms with Gasteiger partial charge in [0.1, 0.15) is 23.0 Å². The maximum Gasteiger partial charge on any atom is 0.260 e. The van der Waals surface area contributed by atoms with Gasteiger partial charge in [-0.3, -0.25) is 0 Å². The molecule has 0 saturated heterocycles.